The molecule has 5 nitrogen and oxygen atoms in total. The molecule has 25 heavy (non-hydrogen) atoms. The van der Waals surface area contributed by atoms with Gasteiger partial charge in [-0.2, -0.15) is 0 Å². The van der Waals surface area contributed by atoms with Gasteiger partial charge < -0.3 is 5.32 Å². The Morgan fingerprint density at radius 2 is 2.20 bits per heavy atom. The molecule has 0 bridgehead atoms. The summed E-state index contributed by atoms with van der Waals surface area (Å²) < 4.78 is 0. The maximum Gasteiger partial charge on any atom is 0.223 e. The summed E-state index contributed by atoms with van der Waals surface area (Å²) in [5.74, 6) is 6.95. The Morgan fingerprint density at radius 1 is 1.40 bits per heavy atom. The van der Waals surface area contributed by atoms with Crippen LogP contribution in [0.1, 0.15) is 36.0 Å². The van der Waals surface area contributed by atoms with Crippen LogP contribution >= 0.6 is 11.3 Å². The first-order valence-electron chi connectivity index (χ1n) is 8.48. The van der Waals surface area contributed by atoms with Crippen molar-refractivity contribution in [1.82, 2.24) is 14.9 Å². The second kappa shape index (κ2) is 8.24. The third-order valence-corrected chi connectivity index (χ3v) is 4.99. The zero-order valence-electron chi connectivity index (χ0n) is 14.6. The average molecular weight is 354 g/mol. The maximum absolute atomic E-state index is 11.1. The second-order valence-electron chi connectivity index (χ2n) is 6.30. The number of hydrogen-bond acceptors (Lipinski definition) is 5. The summed E-state index contributed by atoms with van der Waals surface area (Å²) >= 11 is 1.54. The Bertz CT molecular complexity index is 797. The summed E-state index contributed by atoms with van der Waals surface area (Å²) in [6, 6.07) is 5.95. The molecular formula is C19H22N4OS. The smallest absolute Gasteiger partial charge is 0.223 e. The molecule has 1 saturated heterocycles. The Morgan fingerprint density at radius 3 is 2.92 bits per heavy atom. The summed E-state index contributed by atoms with van der Waals surface area (Å²) in [7, 11) is 0. The average Bonchev–Trinajstić information content (AvgIpc) is 3.00. The first-order chi connectivity index (χ1) is 12.1. The highest BCUT2D eigenvalue weighted by Crippen LogP contribution is 2.23. The lowest BCUT2D eigenvalue weighted by Gasteiger charge is -2.29. The Kier molecular flexibility index (Phi) is 5.79. The molecule has 1 N–H and O–H groups in total. The Labute approximate surface area is 152 Å². The lowest BCUT2D eigenvalue weighted by atomic mass is 9.97. The van der Waals surface area contributed by atoms with E-state index in [4.69, 9.17) is 0 Å². The SMILES string of the molecule is CC(=O)Nc1ncc(CN2CCC(C#Cc3cccc(C)n3)CC2)s1. The van der Waals surface area contributed by atoms with Crippen LogP contribution in [0, 0.1) is 24.7 Å². The minimum atomic E-state index is -0.0802. The van der Waals surface area contributed by atoms with E-state index in [0.717, 1.165) is 43.9 Å². The zero-order chi connectivity index (χ0) is 17.6. The Hall–Kier alpha value is -2.23. The van der Waals surface area contributed by atoms with Crippen LogP contribution in [-0.4, -0.2) is 33.9 Å². The summed E-state index contributed by atoms with van der Waals surface area (Å²) in [5, 5.41) is 3.41. The number of likely N-dealkylation sites (tertiary alicyclic amines) is 1. The van der Waals surface area contributed by atoms with Crippen molar-refractivity contribution >= 4 is 22.4 Å². The van der Waals surface area contributed by atoms with Crippen molar-refractivity contribution in [1.29, 1.82) is 0 Å². The highest BCUT2D eigenvalue weighted by Gasteiger charge is 2.18. The van der Waals surface area contributed by atoms with Gasteiger partial charge in [-0.1, -0.05) is 12.0 Å². The molecule has 2 aromatic heterocycles. The molecule has 0 aliphatic carbocycles. The number of nitrogens with one attached hydrogen (secondary N) is 1. The van der Waals surface area contributed by atoms with Crippen molar-refractivity contribution in [2.45, 2.75) is 33.2 Å². The van der Waals surface area contributed by atoms with Crippen molar-refractivity contribution in [3.63, 3.8) is 0 Å². The number of carbonyl (C=O) groups excluding carboxylic acids is 1. The van der Waals surface area contributed by atoms with Gasteiger partial charge in [0, 0.05) is 36.2 Å². The largest absolute Gasteiger partial charge is 0.302 e. The standard InChI is InChI=1S/C19H22N4OS/c1-14-4-3-5-17(21-14)7-6-16-8-10-23(11-9-16)13-18-12-20-19(25-18)22-15(2)24/h3-5,12,16H,8-11,13H2,1-2H3,(H,20,22,24). The number of aromatic nitrogens is 2. The van der Waals surface area contributed by atoms with Crippen LogP contribution in [-0.2, 0) is 11.3 Å². The van der Waals surface area contributed by atoms with Crippen LogP contribution in [0.25, 0.3) is 0 Å². The van der Waals surface area contributed by atoms with Gasteiger partial charge in [-0.25, -0.2) is 9.97 Å². The highest BCUT2D eigenvalue weighted by molar-refractivity contribution is 7.15. The normalized spacial score (nSPS) is 15.4. The molecule has 0 atom stereocenters. The molecule has 130 valence electrons. The van der Waals surface area contributed by atoms with Crippen molar-refractivity contribution in [2.75, 3.05) is 18.4 Å². The molecule has 1 aliphatic heterocycles. The fourth-order valence-electron chi connectivity index (χ4n) is 2.83. The predicted octanol–water partition coefficient (Wildman–Crippen LogP) is 3.07. The van der Waals surface area contributed by atoms with Crippen molar-refractivity contribution in [3.8, 4) is 11.8 Å². The van der Waals surface area contributed by atoms with Gasteiger partial charge >= 0.3 is 0 Å². The van der Waals surface area contributed by atoms with Gasteiger partial charge in [-0.3, -0.25) is 9.69 Å². The quantitative estimate of drug-likeness (QED) is 0.861. The topological polar surface area (TPSA) is 58.1 Å². The van der Waals surface area contributed by atoms with E-state index in [0.29, 0.717) is 11.0 Å². The van der Waals surface area contributed by atoms with Gasteiger partial charge in [0.15, 0.2) is 5.13 Å². The van der Waals surface area contributed by atoms with Crippen LogP contribution in [0.15, 0.2) is 24.4 Å². The summed E-state index contributed by atoms with van der Waals surface area (Å²) in [4.78, 5) is 23.3. The van der Waals surface area contributed by atoms with E-state index < -0.39 is 0 Å². The molecule has 6 heteroatoms. The lowest BCUT2D eigenvalue weighted by Crippen LogP contribution is -2.32. The van der Waals surface area contributed by atoms with Crippen molar-refractivity contribution in [3.05, 3.63) is 40.7 Å². The van der Waals surface area contributed by atoms with Crippen LogP contribution < -0.4 is 5.32 Å². The molecule has 0 saturated carbocycles. The number of amides is 1. The summed E-state index contributed by atoms with van der Waals surface area (Å²) in [6.45, 7) is 6.44. The molecular weight excluding hydrogens is 332 g/mol. The summed E-state index contributed by atoms with van der Waals surface area (Å²) in [6.07, 6.45) is 4.01. The molecule has 3 heterocycles. The molecule has 0 radical (unpaired) electrons. The van der Waals surface area contributed by atoms with Gasteiger partial charge in [0.1, 0.15) is 5.69 Å². The molecule has 3 rings (SSSR count). The number of carbonyl (C=O) groups is 1. The molecule has 0 spiro atoms. The van der Waals surface area contributed by atoms with E-state index in [-0.39, 0.29) is 5.91 Å². The second-order valence-corrected chi connectivity index (χ2v) is 7.41. The van der Waals surface area contributed by atoms with Crippen LogP contribution in [0.4, 0.5) is 5.13 Å². The molecule has 0 unspecified atom stereocenters. The molecule has 0 aromatic carbocycles. The number of anilines is 1. The maximum atomic E-state index is 11.1. The van der Waals surface area contributed by atoms with Crippen molar-refractivity contribution < 1.29 is 4.79 Å². The number of rotatable bonds is 3. The summed E-state index contributed by atoms with van der Waals surface area (Å²) in [5.41, 5.74) is 1.86. The number of aryl methyl sites for hydroxylation is 1. The predicted molar refractivity (Wildman–Crippen MR) is 100 cm³/mol. The fraction of sp³-hybridized carbons (Fsp3) is 0.421. The highest BCUT2D eigenvalue weighted by atomic mass is 32.1. The first-order valence-corrected chi connectivity index (χ1v) is 9.30. The Balaban J connectivity index is 1.49. The first kappa shape index (κ1) is 17.6. The van der Waals surface area contributed by atoms with Gasteiger partial charge in [0.2, 0.25) is 5.91 Å². The third-order valence-electron chi connectivity index (χ3n) is 4.10. The van der Waals surface area contributed by atoms with E-state index in [1.807, 2.05) is 31.3 Å². The molecule has 2 aromatic rings. The van der Waals surface area contributed by atoms with Crippen LogP contribution in [0.2, 0.25) is 0 Å². The van der Waals surface area contributed by atoms with Gasteiger partial charge in [0.05, 0.1) is 0 Å². The molecule has 1 aliphatic rings. The monoisotopic (exact) mass is 354 g/mol. The number of pyridine rings is 1. The number of nitrogens with zero attached hydrogens (tertiary/aromatic N) is 3. The van der Waals surface area contributed by atoms with E-state index in [2.05, 4.69) is 32.0 Å². The minimum Gasteiger partial charge on any atom is -0.302 e. The van der Waals surface area contributed by atoms with E-state index in [9.17, 15) is 4.79 Å². The minimum absolute atomic E-state index is 0.0802. The van der Waals surface area contributed by atoms with Crippen molar-refractivity contribution in [2.24, 2.45) is 5.92 Å². The molecule has 1 fully saturated rings. The van der Waals surface area contributed by atoms with Gasteiger partial charge in [-0.15, -0.1) is 11.3 Å². The number of hydrogen-bond donors (Lipinski definition) is 1. The third kappa shape index (κ3) is 5.38. The van der Waals surface area contributed by atoms with E-state index in [1.165, 1.54) is 11.8 Å². The number of piperidine rings is 1. The number of thiazole rings is 1. The van der Waals surface area contributed by atoms with E-state index >= 15 is 0 Å². The van der Waals surface area contributed by atoms with E-state index in [1.54, 1.807) is 11.3 Å². The fourth-order valence-corrected chi connectivity index (χ4v) is 3.73. The van der Waals surface area contributed by atoms with Crippen LogP contribution in [0.3, 0.4) is 0 Å². The zero-order valence-corrected chi connectivity index (χ0v) is 15.4. The van der Waals surface area contributed by atoms with Crippen LogP contribution in [0.5, 0.6) is 0 Å². The lowest BCUT2D eigenvalue weighted by molar-refractivity contribution is -0.114. The van der Waals surface area contributed by atoms with Gasteiger partial charge in [0.25, 0.3) is 0 Å². The molecule has 1 amide bonds. The van der Waals surface area contributed by atoms with Gasteiger partial charge in [-0.05, 0) is 50.9 Å².